The lowest BCUT2D eigenvalue weighted by atomic mass is 10.0. The van der Waals surface area contributed by atoms with Gasteiger partial charge in [-0.3, -0.25) is 24.0 Å². The zero-order valence-corrected chi connectivity index (χ0v) is 20.6. The standard InChI is InChI=1S/C23H33N5O10/c1-11(29)19(22(36)26-15(23(37)38)7-8-17(25)31)28-21(35)16(10-12-2-4-13(30)5-3-12)27-20(34)14(24)6-9-18(32)33/h2-5,11,14-16,19,29-30H,6-10,24H2,1H3,(H2,25,31)(H,26,36)(H,27,34)(H,28,35)(H,32,33)(H,37,38). The molecule has 1 aromatic rings. The number of carboxylic acid groups (broad SMARTS) is 2. The lowest BCUT2D eigenvalue weighted by Gasteiger charge is -2.26. The molecule has 0 aliphatic carbocycles. The monoisotopic (exact) mass is 539 g/mol. The van der Waals surface area contributed by atoms with Crippen molar-refractivity contribution in [2.45, 2.75) is 69.3 Å². The molecule has 5 atom stereocenters. The number of hydrogen-bond acceptors (Lipinski definition) is 9. The second-order valence-corrected chi connectivity index (χ2v) is 8.60. The topological polar surface area (TPSA) is 271 Å². The van der Waals surface area contributed by atoms with Crippen molar-refractivity contribution in [3.8, 4) is 5.75 Å². The molecule has 0 radical (unpaired) electrons. The van der Waals surface area contributed by atoms with E-state index in [1.165, 1.54) is 31.2 Å². The Hall–Kier alpha value is -4.24. The number of phenolic OH excluding ortho intramolecular Hbond substituents is 1. The number of carbonyl (C=O) groups is 6. The van der Waals surface area contributed by atoms with Crippen LogP contribution in [0.2, 0.25) is 0 Å². The van der Waals surface area contributed by atoms with E-state index in [2.05, 4.69) is 16.0 Å². The molecule has 210 valence electrons. The van der Waals surface area contributed by atoms with Crippen LogP contribution in [0.25, 0.3) is 0 Å². The molecule has 0 aromatic heterocycles. The van der Waals surface area contributed by atoms with Gasteiger partial charge in [-0.15, -0.1) is 0 Å². The van der Waals surface area contributed by atoms with Crippen LogP contribution in [-0.4, -0.2) is 86.3 Å². The van der Waals surface area contributed by atoms with Gasteiger partial charge < -0.3 is 47.8 Å². The number of benzene rings is 1. The number of aliphatic hydroxyl groups is 1. The third-order valence-corrected chi connectivity index (χ3v) is 5.37. The maximum Gasteiger partial charge on any atom is 0.326 e. The van der Waals surface area contributed by atoms with Crippen molar-refractivity contribution in [3.63, 3.8) is 0 Å². The summed E-state index contributed by atoms with van der Waals surface area (Å²) in [5.41, 5.74) is 11.2. The van der Waals surface area contributed by atoms with Gasteiger partial charge in [0, 0.05) is 19.3 Å². The number of nitrogens with two attached hydrogens (primary N) is 2. The summed E-state index contributed by atoms with van der Waals surface area (Å²) in [5, 5.41) is 44.5. The average Bonchev–Trinajstić information content (AvgIpc) is 2.83. The first-order chi connectivity index (χ1) is 17.7. The molecule has 1 rings (SSSR count). The molecule has 15 nitrogen and oxygen atoms in total. The summed E-state index contributed by atoms with van der Waals surface area (Å²) < 4.78 is 0. The second-order valence-electron chi connectivity index (χ2n) is 8.60. The van der Waals surface area contributed by atoms with Crippen LogP contribution in [0.3, 0.4) is 0 Å². The highest BCUT2D eigenvalue weighted by Gasteiger charge is 2.33. The molecule has 0 bridgehead atoms. The van der Waals surface area contributed by atoms with Crippen LogP contribution in [0.15, 0.2) is 24.3 Å². The third-order valence-electron chi connectivity index (χ3n) is 5.37. The predicted molar refractivity (Wildman–Crippen MR) is 130 cm³/mol. The van der Waals surface area contributed by atoms with Gasteiger partial charge in [-0.25, -0.2) is 4.79 Å². The van der Waals surface area contributed by atoms with Crippen molar-refractivity contribution in [2.24, 2.45) is 11.5 Å². The van der Waals surface area contributed by atoms with Crippen molar-refractivity contribution in [2.75, 3.05) is 0 Å². The Kier molecular flexibility index (Phi) is 12.6. The minimum Gasteiger partial charge on any atom is -0.508 e. The number of phenols is 1. The average molecular weight is 540 g/mol. The van der Waals surface area contributed by atoms with Crippen LogP contribution in [-0.2, 0) is 35.2 Å². The molecular formula is C23H33N5O10. The third kappa shape index (κ3) is 11.2. The fraction of sp³-hybridized carbons (Fsp3) is 0.478. The van der Waals surface area contributed by atoms with Crippen LogP contribution in [0.4, 0.5) is 0 Å². The predicted octanol–water partition coefficient (Wildman–Crippen LogP) is -2.69. The molecule has 0 fully saturated rings. The Labute approximate surface area is 217 Å². The first-order valence-electron chi connectivity index (χ1n) is 11.6. The van der Waals surface area contributed by atoms with Crippen molar-refractivity contribution in [1.29, 1.82) is 0 Å². The molecule has 0 aliphatic rings. The van der Waals surface area contributed by atoms with E-state index in [1.807, 2.05) is 0 Å². The molecule has 11 N–H and O–H groups in total. The van der Waals surface area contributed by atoms with E-state index >= 15 is 0 Å². The lowest BCUT2D eigenvalue weighted by Crippen LogP contribution is -2.60. The Balaban J connectivity index is 3.09. The van der Waals surface area contributed by atoms with E-state index in [-0.39, 0.29) is 31.4 Å². The summed E-state index contributed by atoms with van der Waals surface area (Å²) in [6.45, 7) is 1.17. The summed E-state index contributed by atoms with van der Waals surface area (Å²) in [6.07, 6.45) is -2.93. The molecule has 0 saturated heterocycles. The van der Waals surface area contributed by atoms with Crippen LogP contribution in [0.1, 0.15) is 38.2 Å². The Morgan fingerprint density at radius 2 is 1.42 bits per heavy atom. The van der Waals surface area contributed by atoms with E-state index in [0.29, 0.717) is 5.56 Å². The maximum atomic E-state index is 13.1. The van der Waals surface area contributed by atoms with Gasteiger partial charge >= 0.3 is 11.9 Å². The Bertz CT molecular complexity index is 1010. The molecule has 4 amide bonds. The van der Waals surface area contributed by atoms with Crippen LogP contribution >= 0.6 is 0 Å². The number of amides is 4. The second kappa shape index (κ2) is 15.1. The number of carbonyl (C=O) groups excluding carboxylic acids is 4. The van der Waals surface area contributed by atoms with Gasteiger partial charge in [-0.1, -0.05) is 12.1 Å². The fourth-order valence-electron chi connectivity index (χ4n) is 3.23. The zero-order valence-electron chi connectivity index (χ0n) is 20.6. The highest BCUT2D eigenvalue weighted by molar-refractivity contribution is 5.94. The molecule has 15 heteroatoms. The van der Waals surface area contributed by atoms with E-state index in [4.69, 9.17) is 16.6 Å². The number of rotatable bonds is 16. The van der Waals surface area contributed by atoms with Gasteiger partial charge in [0.15, 0.2) is 0 Å². The van der Waals surface area contributed by atoms with Gasteiger partial charge in [0.2, 0.25) is 23.6 Å². The van der Waals surface area contributed by atoms with Crippen LogP contribution in [0, 0.1) is 0 Å². The highest BCUT2D eigenvalue weighted by Crippen LogP contribution is 2.12. The minimum absolute atomic E-state index is 0.0513. The van der Waals surface area contributed by atoms with Crippen molar-refractivity contribution in [3.05, 3.63) is 29.8 Å². The lowest BCUT2D eigenvalue weighted by molar-refractivity contribution is -0.143. The van der Waals surface area contributed by atoms with Crippen molar-refractivity contribution < 1.29 is 49.2 Å². The van der Waals surface area contributed by atoms with E-state index in [0.717, 1.165) is 0 Å². The Morgan fingerprint density at radius 3 is 1.92 bits per heavy atom. The molecule has 0 spiro atoms. The normalized spacial score (nSPS) is 14.7. The van der Waals surface area contributed by atoms with E-state index in [9.17, 15) is 44.1 Å². The number of aromatic hydroxyl groups is 1. The van der Waals surface area contributed by atoms with E-state index in [1.54, 1.807) is 0 Å². The first kappa shape index (κ1) is 31.8. The number of nitrogens with one attached hydrogen (secondary N) is 3. The molecule has 0 saturated carbocycles. The highest BCUT2D eigenvalue weighted by atomic mass is 16.4. The minimum atomic E-state index is -1.65. The summed E-state index contributed by atoms with van der Waals surface area (Å²) >= 11 is 0. The van der Waals surface area contributed by atoms with Crippen LogP contribution in [0.5, 0.6) is 5.75 Å². The first-order valence-corrected chi connectivity index (χ1v) is 11.6. The van der Waals surface area contributed by atoms with Gasteiger partial charge in [0.25, 0.3) is 0 Å². The van der Waals surface area contributed by atoms with Crippen molar-refractivity contribution >= 4 is 35.6 Å². The zero-order chi connectivity index (χ0) is 29.0. The largest absolute Gasteiger partial charge is 0.508 e. The number of aliphatic carboxylic acids is 2. The molecule has 5 unspecified atom stereocenters. The summed E-state index contributed by atoms with van der Waals surface area (Å²) in [4.78, 5) is 71.6. The molecule has 0 aliphatic heterocycles. The van der Waals surface area contributed by atoms with Gasteiger partial charge in [-0.05, 0) is 37.5 Å². The number of carboxylic acids is 2. The Morgan fingerprint density at radius 1 is 0.842 bits per heavy atom. The van der Waals surface area contributed by atoms with Crippen LogP contribution < -0.4 is 27.4 Å². The number of aliphatic hydroxyl groups excluding tert-OH is 1. The summed E-state index contributed by atoms with van der Waals surface area (Å²) in [5.74, 6) is -6.35. The summed E-state index contributed by atoms with van der Waals surface area (Å²) in [7, 11) is 0. The van der Waals surface area contributed by atoms with Crippen molar-refractivity contribution in [1.82, 2.24) is 16.0 Å². The smallest absolute Gasteiger partial charge is 0.326 e. The maximum absolute atomic E-state index is 13.1. The fourth-order valence-corrected chi connectivity index (χ4v) is 3.23. The SMILES string of the molecule is CC(O)C(NC(=O)C(Cc1ccc(O)cc1)NC(=O)C(N)CCC(=O)O)C(=O)NC(CCC(N)=O)C(=O)O. The molecule has 38 heavy (non-hydrogen) atoms. The quantitative estimate of drug-likeness (QED) is 0.104. The van der Waals surface area contributed by atoms with E-state index < -0.39 is 72.3 Å². The molecular weight excluding hydrogens is 506 g/mol. The van der Waals surface area contributed by atoms with Gasteiger partial charge in [0.1, 0.15) is 23.9 Å². The molecule has 1 aromatic carbocycles. The number of primary amides is 1. The number of hydrogen-bond donors (Lipinski definition) is 9. The van der Waals surface area contributed by atoms with Gasteiger partial charge in [0.05, 0.1) is 12.1 Å². The summed E-state index contributed by atoms with van der Waals surface area (Å²) in [6, 6.07) is -0.182. The molecule has 0 heterocycles. The van der Waals surface area contributed by atoms with Gasteiger partial charge in [-0.2, -0.15) is 0 Å².